The van der Waals surface area contributed by atoms with Crippen LogP contribution in [0.2, 0.25) is 0 Å². The molecule has 0 aromatic rings. The molecule has 1 heterocycles. The zero-order valence-corrected chi connectivity index (χ0v) is 9.98. The molecular formula is C10H16N2O2S. The number of rotatable bonds is 3. The number of carbonyl (C=O) groups is 2. The Morgan fingerprint density at radius 3 is 2.13 bits per heavy atom. The number of nitrogens with one attached hydrogen (secondary N) is 2. The van der Waals surface area contributed by atoms with Crippen molar-refractivity contribution in [3.63, 3.8) is 0 Å². The zero-order valence-electron chi connectivity index (χ0n) is 9.16. The summed E-state index contributed by atoms with van der Waals surface area (Å²) in [6.07, 6.45) is 0.947. The monoisotopic (exact) mass is 228 g/mol. The maximum atomic E-state index is 11.6. The minimum atomic E-state index is -0.619. The first-order valence-electron chi connectivity index (χ1n) is 5.13. The van der Waals surface area contributed by atoms with E-state index in [9.17, 15) is 9.59 Å². The molecule has 1 saturated heterocycles. The molecule has 2 unspecified atom stereocenters. The fraction of sp³-hybridized carbons (Fsp3) is 0.700. The molecule has 15 heavy (non-hydrogen) atoms. The van der Waals surface area contributed by atoms with Crippen LogP contribution in [0.15, 0.2) is 0 Å². The smallest absolute Gasteiger partial charge is 0.238 e. The third kappa shape index (κ3) is 2.53. The van der Waals surface area contributed by atoms with Crippen LogP contribution in [0.5, 0.6) is 0 Å². The van der Waals surface area contributed by atoms with E-state index in [1.807, 2.05) is 20.8 Å². The molecule has 1 rings (SSSR count). The molecule has 1 fully saturated rings. The number of hydrogen-bond acceptors (Lipinski definition) is 3. The Kier molecular flexibility index (Phi) is 3.79. The summed E-state index contributed by atoms with van der Waals surface area (Å²) in [6, 6.07) is 0. The van der Waals surface area contributed by atoms with Gasteiger partial charge in [0, 0.05) is 0 Å². The highest BCUT2D eigenvalue weighted by Gasteiger charge is 2.38. The summed E-state index contributed by atoms with van der Waals surface area (Å²) in [6.45, 7) is 6.01. The summed E-state index contributed by atoms with van der Waals surface area (Å²) in [5.74, 6) is -0.823. The second kappa shape index (κ2) is 4.70. The molecule has 0 radical (unpaired) electrons. The van der Waals surface area contributed by atoms with Crippen molar-refractivity contribution in [2.75, 3.05) is 0 Å². The van der Waals surface area contributed by atoms with E-state index in [2.05, 4.69) is 10.6 Å². The van der Waals surface area contributed by atoms with Gasteiger partial charge in [-0.2, -0.15) is 0 Å². The van der Waals surface area contributed by atoms with E-state index in [0.29, 0.717) is 5.92 Å². The molecule has 1 aliphatic heterocycles. The average Bonchev–Trinajstić information content (AvgIpc) is 2.14. The standard InChI is InChI=1S/C10H16N2O2S/c1-4-5(2)6(3)7-8(13)11-10(15)12-9(7)14/h5-7H,4H2,1-3H3,(H2,11,12,13,14,15). The summed E-state index contributed by atoms with van der Waals surface area (Å²) in [5, 5.41) is 5.07. The van der Waals surface area contributed by atoms with Crippen LogP contribution in [-0.4, -0.2) is 16.9 Å². The zero-order chi connectivity index (χ0) is 11.6. The summed E-state index contributed by atoms with van der Waals surface area (Å²) >= 11 is 4.73. The Labute approximate surface area is 94.8 Å². The summed E-state index contributed by atoms with van der Waals surface area (Å²) in [4.78, 5) is 23.2. The van der Waals surface area contributed by atoms with Crippen LogP contribution in [0.4, 0.5) is 0 Å². The van der Waals surface area contributed by atoms with Crippen LogP contribution in [0.25, 0.3) is 0 Å². The third-order valence-electron chi connectivity index (χ3n) is 3.11. The highest BCUT2D eigenvalue weighted by molar-refractivity contribution is 7.80. The lowest BCUT2D eigenvalue weighted by Crippen LogP contribution is -2.57. The van der Waals surface area contributed by atoms with Crippen LogP contribution in [-0.2, 0) is 9.59 Å². The molecule has 84 valence electrons. The molecule has 2 atom stereocenters. The fourth-order valence-electron chi connectivity index (χ4n) is 1.71. The number of thiocarbonyl (C=S) groups is 1. The summed E-state index contributed by atoms with van der Waals surface area (Å²) in [7, 11) is 0. The van der Waals surface area contributed by atoms with Crippen molar-refractivity contribution < 1.29 is 9.59 Å². The first kappa shape index (κ1) is 12.1. The van der Waals surface area contributed by atoms with Crippen molar-refractivity contribution in [3.8, 4) is 0 Å². The highest BCUT2D eigenvalue weighted by atomic mass is 32.1. The number of amides is 2. The van der Waals surface area contributed by atoms with Gasteiger partial charge in [-0.05, 0) is 24.1 Å². The second-order valence-corrected chi connectivity index (χ2v) is 4.44. The number of carbonyl (C=O) groups excluding carboxylic acids is 2. The van der Waals surface area contributed by atoms with Crippen molar-refractivity contribution in [1.82, 2.24) is 10.6 Å². The largest absolute Gasteiger partial charge is 0.302 e. The van der Waals surface area contributed by atoms with Crippen LogP contribution < -0.4 is 10.6 Å². The SMILES string of the molecule is CCC(C)C(C)C1C(=O)NC(=S)NC1=O. The lowest BCUT2D eigenvalue weighted by Gasteiger charge is -2.30. The lowest BCUT2D eigenvalue weighted by atomic mass is 9.81. The van der Waals surface area contributed by atoms with E-state index < -0.39 is 5.92 Å². The van der Waals surface area contributed by atoms with Gasteiger partial charge in [-0.25, -0.2) is 0 Å². The van der Waals surface area contributed by atoms with Gasteiger partial charge in [0.1, 0.15) is 5.92 Å². The van der Waals surface area contributed by atoms with Gasteiger partial charge in [-0.1, -0.05) is 27.2 Å². The minimum Gasteiger partial charge on any atom is -0.302 e. The summed E-state index contributed by atoms with van der Waals surface area (Å²) in [5.41, 5.74) is 0. The molecule has 2 N–H and O–H groups in total. The second-order valence-electron chi connectivity index (χ2n) is 4.03. The molecule has 0 spiro atoms. The molecule has 0 bridgehead atoms. The van der Waals surface area contributed by atoms with Crippen molar-refractivity contribution in [2.45, 2.75) is 27.2 Å². The van der Waals surface area contributed by atoms with Crippen molar-refractivity contribution in [2.24, 2.45) is 17.8 Å². The van der Waals surface area contributed by atoms with Crippen molar-refractivity contribution >= 4 is 29.1 Å². The molecule has 1 aliphatic rings. The van der Waals surface area contributed by atoms with Gasteiger partial charge >= 0.3 is 0 Å². The first-order valence-corrected chi connectivity index (χ1v) is 5.53. The van der Waals surface area contributed by atoms with Crippen LogP contribution in [0, 0.1) is 17.8 Å². The first-order chi connectivity index (χ1) is 6.97. The van der Waals surface area contributed by atoms with E-state index in [0.717, 1.165) is 6.42 Å². The molecule has 0 saturated carbocycles. The topological polar surface area (TPSA) is 58.2 Å². The Hall–Kier alpha value is -0.970. The third-order valence-corrected chi connectivity index (χ3v) is 3.31. The van der Waals surface area contributed by atoms with E-state index in [1.54, 1.807) is 0 Å². The van der Waals surface area contributed by atoms with Crippen molar-refractivity contribution in [1.29, 1.82) is 0 Å². The molecule has 0 aromatic heterocycles. The Morgan fingerprint density at radius 2 is 1.73 bits per heavy atom. The van der Waals surface area contributed by atoms with Crippen molar-refractivity contribution in [3.05, 3.63) is 0 Å². The fourth-order valence-corrected chi connectivity index (χ4v) is 1.91. The average molecular weight is 228 g/mol. The molecule has 0 aliphatic carbocycles. The predicted octanol–water partition coefficient (Wildman–Crippen LogP) is 0.816. The van der Waals surface area contributed by atoms with Crippen LogP contribution in [0.3, 0.4) is 0 Å². The molecule has 0 aromatic carbocycles. The van der Waals surface area contributed by atoms with E-state index in [1.165, 1.54) is 0 Å². The van der Waals surface area contributed by atoms with Gasteiger partial charge in [0.05, 0.1) is 0 Å². The van der Waals surface area contributed by atoms with Crippen LogP contribution in [0.1, 0.15) is 27.2 Å². The highest BCUT2D eigenvalue weighted by Crippen LogP contribution is 2.24. The normalized spacial score (nSPS) is 21.9. The van der Waals surface area contributed by atoms with E-state index >= 15 is 0 Å². The van der Waals surface area contributed by atoms with E-state index in [-0.39, 0.29) is 22.8 Å². The predicted molar refractivity (Wildman–Crippen MR) is 61.0 cm³/mol. The van der Waals surface area contributed by atoms with Gasteiger partial charge in [-0.15, -0.1) is 0 Å². The van der Waals surface area contributed by atoms with E-state index in [4.69, 9.17) is 12.2 Å². The Morgan fingerprint density at radius 1 is 1.27 bits per heavy atom. The molecule has 2 amide bonds. The van der Waals surface area contributed by atoms with Gasteiger partial charge in [0.2, 0.25) is 11.8 Å². The Bertz CT molecular complexity index is 284. The van der Waals surface area contributed by atoms with Gasteiger partial charge in [0.15, 0.2) is 5.11 Å². The van der Waals surface area contributed by atoms with Gasteiger partial charge in [-0.3, -0.25) is 9.59 Å². The Balaban J connectivity index is 2.80. The summed E-state index contributed by atoms with van der Waals surface area (Å²) < 4.78 is 0. The molecule has 4 nitrogen and oxygen atoms in total. The van der Waals surface area contributed by atoms with Crippen LogP contribution >= 0.6 is 12.2 Å². The maximum absolute atomic E-state index is 11.6. The minimum absolute atomic E-state index is 0.0260. The quantitative estimate of drug-likeness (QED) is 0.555. The molecular weight excluding hydrogens is 212 g/mol. The van der Waals surface area contributed by atoms with Gasteiger partial charge < -0.3 is 10.6 Å². The maximum Gasteiger partial charge on any atom is 0.238 e. The van der Waals surface area contributed by atoms with Gasteiger partial charge in [0.25, 0.3) is 0 Å². The lowest BCUT2D eigenvalue weighted by molar-refractivity contribution is -0.138. The number of hydrogen-bond donors (Lipinski definition) is 2. The molecule has 5 heteroatoms.